The summed E-state index contributed by atoms with van der Waals surface area (Å²) in [6.07, 6.45) is 8.36. The zero-order valence-electron chi connectivity index (χ0n) is 16.9. The van der Waals surface area contributed by atoms with E-state index < -0.39 is 0 Å². The van der Waals surface area contributed by atoms with Crippen LogP contribution in [0.1, 0.15) is 44.1 Å². The molecule has 0 spiro atoms. The van der Waals surface area contributed by atoms with Crippen molar-refractivity contribution in [1.82, 2.24) is 15.1 Å². The largest absolute Gasteiger partial charge is 0.344 e. The van der Waals surface area contributed by atoms with Crippen LogP contribution >= 0.6 is 23.4 Å². The number of rotatable bonds is 8. The minimum absolute atomic E-state index is 0.180. The Morgan fingerprint density at radius 2 is 1.64 bits per heavy atom. The van der Waals surface area contributed by atoms with Crippen molar-refractivity contribution in [2.45, 2.75) is 51.0 Å². The summed E-state index contributed by atoms with van der Waals surface area (Å²) < 4.78 is 0. The van der Waals surface area contributed by atoms with Crippen LogP contribution in [0.3, 0.4) is 0 Å². The van der Waals surface area contributed by atoms with Gasteiger partial charge in [0.15, 0.2) is 0 Å². The predicted molar refractivity (Wildman–Crippen MR) is 121 cm³/mol. The van der Waals surface area contributed by atoms with Crippen molar-refractivity contribution >= 4 is 28.6 Å². The molecular formula is C22H34ClN3OS. The van der Waals surface area contributed by atoms with Crippen LogP contribution in [0, 0.1) is 0 Å². The Kier molecular flexibility index (Phi) is 9.45. The highest BCUT2D eigenvalue weighted by molar-refractivity contribution is 8.13. The molecule has 2 fully saturated rings. The molecule has 1 aliphatic heterocycles. The molecule has 1 N–H and O–H groups in total. The van der Waals surface area contributed by atoms with Crippen LogP contribution in [0.4, 0.5) is 4.79 Å². The highest BCUT2D eigenvalue weighted by Gasteiger charge is 2.17. The molecule has 0 unspecified atom stereocenters. The molecule has 6 heteroatoms. The van der Waals surface area contributed by atoms with Crippen molar-refractivity contribution in [3.05, 3.63) is 34.9 Å². The van der Waals surface area contributed by atoms with E-state index in [-0.39, 0.29) is 5.24 Å². The fourth-order valence-corrected chi connectivity index (χ4v) is 4.92. The van der Waals surface area contributed by atoms with Gasteiger partial charge in [-0.05, 0) is 49.9 Å². The highest BCUT2D eigenvalue weighted by atomic mass is 35.5. The third kappa shape index (κ3) is 7.94. The van der Waals surface area contributed by atoms with Crippen LogP contribution < -0.4 is 5.32 Å². The molecule has 0 atom stereocenters. The van der Waals surface area contributed by atoms with Gasteiger partial charge in [0.05, 0.1) is 0 Å². The zero-order valence-corrected chi connectivity index (χ0v) is 18.4. The first kappa shape index (κ1) is 21.9. The maximum absolute atomic E-state index is 12.0. The number of carbonyl (C=O) groups excluding carboxylic acids is 1. The van der Waals surface area contributed by atoms with Gasteiger partial charge in [-0.1, -0.05) is 54.8 Å². The number of benzene rings is 1. The lowest BCUT2D eigenvalue weighted by Gasteiger charge is -2.34. The lowest BCUT2D eigenvalue weighted by Crippen LogP contribution is -2.47. The summed E-state index contributed by atoms with van der Waals surface area (Å²) in [4.78, 5) is 17.1. The van der Waals surface area contributed by atoms with Crippen LogP contribution in [0.25, 0.3) is 0 Å². The maximum atomic E-state index is 12.0. The van der Waals surface area contributed by atoms with Crippen LogP contribution in [0.5, 0.6) is 0 Å². The molecule has 4 nitrogen and oxygen atoms in total. The van der Waals surface area contributed by atoms with E-state index in [2.05, 4.69) is 27.2 Å². The average molecular weight is 424 g/mol. The van der Waals surface area contributed by atoms with E-state index in [1.54, 1.807) is 0 Å². The van der Waals surface area contributed by atoms with E-state index in [4.69, 9.17) is 11.6 Å². The Morgan fingerprint density at radius 3 is 2.32 bits per heavy atom. The molecule has 1 heterocycles. The van der Waals surface area contributed by atoms with E-state index in [9.17, 15) is 4.79 Å². The third-order valence-corrected chi connectivity index (χ3v) is 7.00. The summed E-state index contributed by atoms with van der Waals surface area (Å²) in [6.45, 7) is 6.78. The van der Waals surface area contributed by atoms with Gasteiger partial charge in [-0.2, -0.15) is 0 Å². The molecule has 1 aromatic rings. The molecule has 3 rings (SSSR count). The predicted octanol–water partition coefficient (Wildman–Crippen LogP) is 4.67. The number of piperazine rings is 1. The standard InChI is InChI=1S/C22H34ClN3OS/c23-20-9-7-19(8-10-20)11-13-26-16-14-25(15-17-26)12-4-18-28-22(27)24-21-5-2-1-3-6-21/h7-10,21H,1-6,11-18H2,(H,24,27). The van der Waals surface area contributed by atoms with E-state index in [0.29, 0.717) is 6.04 Å². The number of nitrogens with one attached hydrogen (secondary N) is 1. The summed E-state index contributed by atoms with van der Waals surface area (Å²) in [7, 11) is 0. The molecule has 28 heavy (non-hydrogen) atoms. The van der Waals surface area contributed by atoms with Gasteiger partial charge in [-0.25, -0.2) is 0 Å². The lowest BCUT2D eigenvalue weighted by molar-refractivity contribution is 0.134. The molecule has 1 aromatic carbocycles. The van der Waals surface area contributed by atoms with Crippen LogP contribution in [-0.2, 0) is 6.42 Å². The number of nitrogens with zero attached hydrogens (tertiary/aromatic N) is 2. The minimum Gasteiger partial charge on any atom is -0.344 e. The number of thioether (sulfide) groups is 1. The molecule has 0 radical (unpaired) electrons. The van der Waals surface area contributed by atoms with Gasteiger partial charge in [0.2, 0.25) is 0 Å². The number of hydrogen-bond donors (Lipinski definition) is 1. The van der Waals surface area contributed by atoms with E-state index in [0.717, 1.165) is 75.7 Å². The van der Waals surface area contributed by atoms with Gasteiger partial charge in [-0.15, -0.1) is 0 Å². The highest BCUT2D eigenvalue weighted by Crippen LogP contribution is 2.18. The summed E-state index contributed by atoms with van der Waals surface area (Å²) in [5.74, 6) is 0.926. The summed E-state index contributed by atoms with van der Waals surface area (Å²) in [5.41, 5.74) is 1.36. The molecule has 0 aromatic heterocycles. The normalized spacial score (nSPS) is 19.6. The topological polar surface area (TPSA) is 35.6 Å². The van der Waals surface area contributed by atoms with Crippen molar-refractivity contribution < 1.29 is 4.79 Å². The average Bonchev–Trinajstić information content (AvgIpc) is 2.72. The first-order valence-electron chi connectivity index (χ1n) is 10.8. The van der Waals surface area contributed by atoms with Gasteiger partial charge in [0.1, 0.15) is 0 Å². The van der Waals surface area contributed by atoms with Gasteiger partial charge < -0.3 is 15.1 Å². The smallest absolute Gasteiger partial charge is 0.279 e. The van der Waals surface area contributed by atoms with Crippen LogP contribution in [0.15, 0.2) is 24.3 Å². The molecule has 1 amide bonds. The second-order valence-electron chi connectivity index (χ2n) is 8.03. The van der Waals surface area contributed by atoms with Crippen molar-refractivity contribution in [1.29, 1.82) is 0 Å². The summed E-state index contributed by atoms with van der Waals surface area (Å²) in [5, 5.41) is 4.18. The monoisotopic (exact) mass is 423 g/mol. The second-order valence-corrected chi connectivity index (χ2v) is 9.53. The second kappa shape index (κ2) is 12.1. The Hall–Kier alpha value is -0.750. The Bertz CT molecular complexity index is 584. The molecule has 1 saturated carbocycles. The van der Waals surface area contributed by atoms with Crippen molar-refractivity contribution in [3.63, 3.8) is 0 Å². The Morgan fingerprint density at radius 1 is 1.00 bits per heavy atom. The number of halogens is 1. The van der Waals surface area contributed by atoms with Gasteiger partial charge in [0.25, 0.3) is 5.24 Å². The molecule has 1 saturated heterocycles. The number of carbonyl (C=O) groups is 1. The maximum Gasteiger partial charge on any atom is 0.279 e. The van der Waals surface area contributed by atoms with Gasteiger partial charge in [0, 0.05) is 49.5 Å². The summed E-state index contributed by atoms with van der Waals surface area (Å²) in [6, 6.07) is 8.63. The van der Waals surface area contributed by atoms with Gasteiger partial charge in [-0.3, -0.25) is 4.79 Å². The third-order valence-electron chi connectivity index (χ3n) is 5.87. The molecule has 2 aliphatic rings. The number of hydrogen-bond acceptors (Lipinski definition) is 4. The van der Waals surface area contributed by atoms with Crippen LogP contribution in [-0.4, -0.2) is 66.1 Å². The zero-order chi connectivity index (χ0) is 19.6. The molecule has 1 aliphatic carbocycles. The Labute approximate surface area is 179 Å². The molecular weight excluding hydrogens is 390 g/mol. The van der Waals surface area contributed by atoms with Crippen molar-refractivity contribution in [3.8, 4) is 0 Å². The van der Waals surface area contributed by atoms with Crippen molar-refractivity contribution in [2.75, 3.05) is 45.0 Å². The van der Waals surface area contributed by atoms with E-state index in [1.165, 1.54) is 36.6 Å². The SMILES string of the molecule is O=C(NC1CCCCC1)SCCCN1CCN(CCc2ccc(Cl)cc2)CC1. The first-order chi connectivity index (χ1) is 13.7. The quantitative estimate of drug-likeness (QED) is 0.616. The van der Waals surface area contributed by atoms with Gasteiger partial charge >= 0.3 is 0 Å². The Balaban J connectivity index is 1.21. The minimum atomic E-state index is 0.180. The lowest BCUT2D eigenvalue weighted by atomic mass is 9.96. The summed E-state index contributed by atoms with van der Waals surface area (Å²) >= 11 is 7.42. The fraction of sp³-hybridized carbons (Fsp3) is 0.682. The fourth-order valence-electron chi connectivity index (χ4n) is 4.08. The molecule has 156 valence electrons. The van der Waals surface area contributed by atoms with E-state index in [1.807, 2.05) is 12.1 Å². The van der Waals surface area contributed by atoms with Crippen molar-refractivity contribution in [2.24, 2.45) is 0 Å². The van der Waals surface area contributed by atoms with E-state index >= 15 is 0 Å². The van der Waals surface area contributed by atoms with Crippen LogP contribution in [0.2, 0.25) is 5.02 Å². The molecule has 0 bridgehead atoms. The first-order valence-corrected chi connectivity index (χ1v) is 12.2. The number of amides is 1.